The van der Waals surface area contributed by atoms with E-state index in [9.17, 15) is 0 Å². The van der Waals surface area contributed by atoms with Crippen molar-refractivity contribution in [3.63, 3.8) is 0 Å². The molecule has 0 fully saturated rings. The van der Waals surface area contributed by atoms with Crippen LogP contribution in [0.5, 0.6) is 0 Å². The van der Waals surface area contributed by atoms with Gasteiger partial charge in [-0.2, -0.15) is 0 Å². The molecule has 1 nitrogen and oxygen atoms in total. The highest BCUT2D eigenvalue weighted by molar-refractivity contribution is 8.18. The molecule has 0 aromatic carbocycles. The highest BCUT2D eigenvalue weighted by Crippen LogP contribution is 2.35. The zero-order valence-corrected chi connectivity index (χ0v) is 11.2. The van der Waals surface area contributed by atoms with E-state index in [1.807, 2.05) is 11.8 Å². The fourth-order valence-corrected chi connectivity index (χ4v) is 2.62. The summed E-state index contributed by atoms with van der Waals surface area (Å²) in [5.41, 5.74) is 2.85. The van der Waals surface area contributed by atoms with Crippen LogP contribution in [0.4, 0.5) is 0 Å². The molecule has 0 aromatic rings. The maximum Gasteiger partial charge on any atom is 0.102 e. The molecule has 1 heterocycles. The standard InChI is InChI=1S/C13H21NS/c1-6-9(3)11(5)12-8-10(4)15-13(12)14-7-2/h8-9H,6-7H2,1-5H3/b12-11+,14-13?. The molecule has 0 spiro atoms. The second kappa shape index (κ2) is 5.55. The summed E-state index contributed by atoms with van der Waals surface area (Å²) in [5, 5.41) is 1.22. The quantitative estimate of drug-likeness (QED) is 0.690. The van der Waals surface area contributed by atoms with Gasteiger partial charge in [0.15, 0.2) is 0 Å². The molecule has 1 aliphatic heterocycles. The first kappa shape index (κ1) is 12.6. The van der Waals surface area contributed by atoms with Crippen molar-refractivity contribution in [1.29, 1.82) is 0 Å². The third kappa shape index (κ3) is 2.97. The van der Waals surface area contributed by atoms with Crippen LogP contribution in [0.2, 0.25) is 0 Å². The molecule has 0 radical (unpaired) electrons. The fraction of sp³-hybridized carbons (Fsp3) is 0.615. The molecule has 15 heavy (non-hydrogen) atoms. The van der Waals surface area contributed by atoms with Gasteiger partial charge in [0, 0.05) is 12.1 Å². The number of hydrogen-bond acceptors (Lipinski definition) is 2. The van der Waals surface area contributed by atoms with Gasteiger partial charge in [0.1, 0.15) is 5.04 Å². The third-order valence-corrected chi connectivity index (χ3v) is 3.90. The maximum atomic E-state index is 4.56. The Morgan fingerprint density at radius 2 is 2.13 bits per heavy atom. The molecule has 0 N–H and O–H groups in total. The number of rotatable bonds is 3. The Hall–Kier alpha value is -0.500. The summed E-state index contributed by atoms with van der Waals surface area (Å²) in [5.74, 6) is 0.657. The van der Waals surface area contributed by atoms with Gasteiger partial charge in [0.05, 0.1) is 0 Å². The summed E-state index contributed by atoms with van der Waals surface area (Å²) < 4.78 is 0. The van der Waals surface area contributed by atoms with Gasteiger partial charge in [-0.3, -0.25) is 4.99 Å². The second-order valence-electron chi connectivity index (χ2n) is 4.04. The van der Waals surface area contributed by atoms with Gasteiger partial charge in [-0.15, -0.1) is 0 Å². The molecule has 1 atom stereocenters. The molecule has 1 aliphatic rings. The van der Waals surface area contributed by atoms with Gasteiger partial charge in [0.2, 0.25) is 0 Å². The van der Waals surface area contributed by atoms with Crippen molar-refractivity contribution in [1.82, 2.24) is 0 Å². The first-order valence-corrected chi connectivity index (χ1v) is 6.53. The van der Waals surface area contributed by atoms with E-state index < -0.39 is 0 Å². The minimum atomic E-state index is 0.657. The van der Waals surface area contributed by atoms with E-state index in [4.69, 9.17) is 0 Å². The van der Waals surface area contributed by atoms with Gasteiger partial charge >= 0.3 is 0 Å². The van der Waals surface area contributed by atoms with E-state index in [2.05, 4.69) is 45.7 Å². The zero-order valence-electron chi connectivity index (χ0n) is 10.4. The van der Waals surface area contributed by atoms with Gasteiger partial charge in [0.25, 0.3) is 0 Å². The summed E-state index contributed by atoms with van der Waals surface area (Å²) in [4.78, 5) is 5.92. The topological polar surface area (TPSA) is 12.4 Å². The van der Waals surface area contributed by atoms with Crippen LogP contribution in [-0.4, -0.2) is 11.6 Å². The van der Waals surface area contributed by atoms with Gasteiger partial charge in [-0.25, -0.2) is 0 Å². The second-order valence-corrected chi connectivity index (χ2v) is 5.28. The first-order valence-electron chi connectivity index (χ1n) is 5.71. The molecule has 0 amide bonds. The van der Waals surface area contributed by atoms with Crippen LogP contribution in [0.3, 0.4) is 0 Å². The van der Waals surface area contributed by atoms with Gasteiger partial charge in [-0.05, 0) is 44.1 Å². The van der Waals surface area contributed by atoms with Gasteiger partial charge < -0.3 is 0 Å². The van der Waals surface area contributed by atoms with Crippen LogP contribution in [0.1, 0.15) is 41.0 Å². The Morgan fingerprint density at radius 3 is 2.67 bits per heavy atom. The highest BCUT2D eigenvalue weighted by Gasteiger charge is 2.18. The van der Waals surface area contributed by atoms with Crippen LogP contribution in [0, 0.1) is 5.92 Å². The lowest BCUT2D eigenvalue weighted by Gasteiger charge is -2.12. The summed E-state index contributed by atoms with van der Waals surface area (Å²) in [7, 11) is 0. The van der Waals surface area contributed by atoms with Crippen LogP contribution in [0.15, 0.2) is 27.1 Å². The smallest absolute Gasteiger partial charge is 0.102 e. The Labute approximate surface area is 97.8 Å². The Kier molecular flexibility index (Phi) is 4.65. The number of hydrogen-bond donors (Lipinski definition) is 0. The lowest BCUT2D eigenvalue weighted by Crippen LogP contribution is -2.02. The summed E-state index contributed by atoms with van der Waals surface area (Å²) in [6, 6.07) is 0. The molecule has 0 saturated heterocycles. The van der Waals surface area contributed by atoms with E-state index in [0.717, 1.165) is 6.54 Å². The molecular weight excluding hydrogens is 202 g/mol. The van der Waals surface area contributed by atoms with Crippen LogP contribution in [0.25, 0.3) is 0 Å². The zero-order chi connectivity index (χ0) is 11.4. The molecule has 0 saturated carbocycles. The Balaban J connectivity index is 3.05. The first-order chi connectivity index (χ1) is 7.10. The number of allylic oxidation sites excluding steroid dienone is 3. The van der Waals surface area contributed by atoms with E-state index in [1.54, 1.807) is 0 Å². The lowest BCUT2D eigenvalue weighted by atomic mass is 9.95. The van der Waals surface area contributed by atoms with E-state index in [0.29, 0.717) is 5.92 Å². The van der Waals surface area contributed by atoms with E-state index in [-0.39, 0.29) is 0 Å². The van der Waals surface area contributed by atoms with Crippen molar-refractivity contribution in [2.45, 2.75) is 41.0 Å². The van der Waals surface area contributed by atoms with Crippen LogP contribution in [-0.2, 0) is 0 Å². The monoisotopic (exact) mass is 223 g/mol. The fourth-order valence-electron chi connectivity index (χ4n) is 1.62. The highest BCUT2D eigenvalue weighted by atomic mass is 32.2. The van der Waals surface area contributed by atoms with Crippen LogP contribution >= 0.6 is 11.8 Å². The van der Waals surface area contributed by atoms with Crippen molar-refractivity contribution in [3.8, 4) is 0 Å². The SMILES string of the molecule is CCN=C1SC(C)=C/C1=C(/C)C(C)CC. The molecule has 84 valence electrons. The predicted molar refractivity (Wildman–Crippen MR) is 71.5 cm³/mol. The minimum Gasteiger partial charge on any atom is -0.278 e. The number of nitrogens with zero attached hydrogens (tertiary/aromatic N) is 1. The van der Waals surface area contributed by atoms with Crippen molar-refractivity contribution in [2.24, 2.45) is 10.9 Å². The molecule has 0 aromatic heterocycles. The molecule has 1 rings (SSSR count). The third-order valence-electron chi connectivity index (χ3n) is 2.91. The molecule has 0 bridgehead atoms. The Morgan fingerprint density at radius 1 is 1.47 bits per heavy atom. The molecule has 0 aliphatic carbocycles. The van der Waals surface area contributed by atoms with E-state index >= 15 is 0 Å². The average Bonchev–Trinajstić information content (AvgIpc) is 2.58. The Bertz CT molecular complexity index is 323. The average molecular weight is 223 g/mol. The maximum absolute atomic E-state index is 4.56. The molecule has 2 heteroatoms. The van der Waals surface area contributed by atoms with Crippen LogP contribution < -0.4 is 0 Å². The summed E-state index contributed by atoms with van der Waals surface area (Å²) in [6.45, 7) is 11.9. The lowest BCUT2D eigenvalue weighted by molar-refractivity contribution is 0.653. The summed E-state index contributed by atoms with van der Waals surface area (Å²) in [6.07, 6.45) is 3.48. The number of aliphatic imine (C=N–C) groups is 1. The molecule has 1 unspecified atom stereocenters. The van der Waals surface area contributed by atoms with Crippen molar-refractivity contribution >= 4 is 16.8 Å². The summed E-state index contributed by atoms with van der Waals surface area (Å²) >= 11 is 1.81. The number of thioether (sulfide) groups is 1. The van der Waals surface area contributed by atoms with E-state index in [1.165, 1.54) is 27.5 Å². The normalized spacial score (nSPS) is 24.3. The largest absolute Gasteiger partial charge is 0.278 e. The minimum absolute atomic E-state index is 0.657. The van der Waals surface area contributed by atoms with Crippen molar-refractivity contribution in [2.75, 3.05) is 6.54 Å². The van der Waals surface area contributed by atoms with Crippen molar-refractivity contribution < 1.29 is 0 Å². The van der Waals surface area contributed by atoms with Gasteiger partial charge in [-0.1, -0.05) is 31.2 Å². The predicted octanol–water partition coefficient (Wildman–Crippen LogP) is 4.42. The molecular formula is C13H21NS. The van der Waals surface area contributed by atoms with Crippen molar-refractivity contribution in [3.05, 3.63) is 22.1 Å².